The molecule has 0 aliphatic carbocycles. The van der Waals surface area contributed by atoms with Crippen LogP contribution in [0, 0.1) is 0 Å². The molecular formula is C10H12O3S. The Labute approximate surface area is 83.6 Å². The van der Waals surface area contributed by atoms with E-state index in [4.69, 9.17) is 4.74 Å². The highest BCUT2D eigenvalue weighted by atomic mass is 32.2. The summed E-state index contributed by atoms with van der Waals surface area (Å²) < 4.78 is 28.8. The van der Waals surface area contributed by atoms with Gasteiger partial charge < -0.3 is 4.74 Å². The van der Waals surface area contributed by atoms with Crippen LogP contribution in [0.3, 0.4) is 0 Å². The van der Waals surface area contributed by atoms with Gasteiger partial charge in [0.1, 0.15) is 6.10 Å². The van der Waals surface area contributed by atoms with Crippen LogP contribution in [0.4, 0.5) is 0 Å². The lowest BCUT2D eigenvalue weighted by molar-refractivity contribution is 0.389. The van der Waals surface area contributed by atoms with Gasteiger partial charge in [0.15, 0.2) is 5.44 Å². The van der Waals surface area contributed by atoms with Crippen LogP contribution in [0.2, 0.25) is 0 Å². The van der Waals surface area contributed by atoms with Gasteiger partial charge in [-0.2, -0.15) is 0 Å². The lowest BCUT2D eigenvalue weighted by Gasteiger charge is -1.99. The number of hydrogen-bond acceptors (Lipinski definition) is 3. The lowest BCUT2D eigenvalue weighted by Crippen LogP contribution is -2.10. The molecule has 1 fully saturated rings. The summed E-state index contributed by atoms with van der Waals surface area (Å²) in [4.78, 5) is 0.348. The highest BCUT2D eigenvalue weighted by Crippen LogP contribution is 2.34. The molecule has 76 valence electrons. The van der Waals surface area contributed by atoms with Gasteiger partial charge in [0.25, 0.3) is 0 Å². The molecule has 4 heteroatoms. The maximum Gasteiger partial charge on any atom is 0.207 e. The highest BCUT2D eigenvalue weighted by molar-refractivity contribution is 7.92. The molecule has 0 N–H and O–H groups in total. The molecule has 0 amide bonds. The standard InChI is InChI=1S/C10H12O3S/c1-2-9-10(13-9)14(11,12)8-6-4-3-5-7-8/h3-7,9-10H,2H2,1H3/t9-,10-/m0/s1. The number of ether oxygens (including phenoxy) is 1. The highest BCUT2D eigenvalue weighted by Gasteiger charge is 2.48. The van der Waals surface area contributed by atoms with Gasteiger partial charge in [-0.25, -0.2) is 8.42 Å². The quantitative estimate of drug-likeness (QED) is 0.715. The van der Waals surface area contributed by atoms with Crippen LogP contribution >= 0.6 is 0 Å². The summed E-state index contributed by atoms with van der Waals surface area (Å²) in [5.41, 5.74) is -0.616. The smallest absolute Gasteiger partial charge is 0.207 e. The van der Waals surface area contributed by atoms with E-state index in [0.717, 1.165) is 6.42 Å². The molecule has 3 nitrogen and oxygen atoms in total. The molecular weight excluding hydrogens is 200 g/mol. The van der Waals surface area contributed by atoms with E-state index in [-0.39, 0.29) is 6.10 Å². The predicted octanol–water partition coefficient (Wildman–Crippen LogP) is 1.60. The summed E-state index contributed by atoms with van der Waals surface area (Å²) in [6, 6.07) is 8.43. The Hall–Kier alpha value is -0.870. The molecule has 0 saturated carbocycles. The van der Waals surface area contributed by atoms with Crippen LogP contribution in [0.1, 0.15) is 13.3 Å². The molecule has 1 aromatic rings. The molecule has 0 spiro atoms. The Morgan fingerprint density at radius 1 is 1.29 bits per heavy atom. The molecule has 1 heterocycles. The summed E-state index contributed by atoms with van der Waals surface area (Å²) in [5, 5.41) is 0. The van der Waals surface area contributed by atoms with Gasteiger partial charge in [0, 0.05) is 0 Å². The third-order valence-electron chi connectivity index (χ3n) is 2.32. The first kappa shape index (κ1) is 9.68. The Bertz CT molecular complexity index is 410. The van der Waals surface area contributed by atoms with E-state index in [2.05, 4.69) is 0 Å². The van der Waals surface area contributed by atoms with Crippen molar-refractivity contribution in [1.82, 2.24) is 0 Å². The zero-order valence-corrected chi connectivity index (χ0v) is 8.70. The Balaban J connectivity index is 2.27. The first-order valence-corrected chi connectivity index (χ1v) is 6.15. The molecule has 1 aliphatic heterocycles. The average molecular weight is 212 g/mol. The number of benzene rings is 1. The van der Waals surface area contributed by atoms with E-state index < -0.39 is 15.3 Å². The van der Waals surface area contributed by atoms with Crippen molar-refractivity contribution in [1.29, 1.82) is 0 Å². The second-order valence-electron chi connectivity index (χ2n) is 3.31. The van der Waals surface area contributed by atoms with E-state index in [1.807, 2.05) is 6.92 Å². The number of rotatable bonds is 3. The largest absolute Gasteiger partial charge is 0.352 e. The van der Waals surface area contributed by atoms with Crippen LogP contribution in [-0.4, -0.2) is 20.0 Å². The van der Waals surface area contributed by atoms with Gasteiger partial charge in [-0.15, -0.1) is 0 Å². The molecule has 0 aromatic heterocycles. The van der Waals surface area contributed by atoms with Crippen LogP contribution < -0.4 is 0 Å². The van der Waals surface area contributed by atoms with Crippen molar-refractivity contribution >= 4 is 9.84 Å². The zero-order chi connectivity index (χ0) is 10.2. The summed E-state index contributed by atoms with van der Waals surface area (Å²) in [7, 11) is -3.25. The fourth-order valence-electron chi connectivity index (χ4n) is 1.43. The van der Waals surface area contributed by atoms with Crippen molar-refractivity contribution in [2.75, 3.05) is 0 Å². The predicted molar refractivity (Wildman–Crippen MR) is 52.6 cm³/mol. The van der Waals surface area contributed by atoms with Crippen LogP contribution in [0.15, 0.2) is 35.2 Å². The minimum atomic E-state index is -3.25. The zero-order valence-electron chi connectivity index (χ0n) is 7.88. The van der Waals surface area contributed by atoms with Crippen molar-refractivity contribution in [3.05, 3.63) is 30.3 Å². The number of hydrogen-bond donors (Lipinski definition) is 0. The fraction of sp³-hybridized carbons (Fsp3) is 0.400. The summed E-state index contributed by atoms with van der Waals surface area (Å²) >= 11 is 0. The van der Waals surface area contributed by atoms with Crippen molar-refractivity contribution in [3.8, 4) is 0 Å². The van der Waals surface area contributed by atoms with Gasteiger partial charge in [-0.1, -0.05) is 25.1 Å². The van der Waals surface area contributed by atoms with Crippen molar-refractivity contribution in [3.63, 3.8) is 0 Å². The Kier molecular flexibility index (Phi) is 2.33. The summed E-state index contributed by atoms with van der Waals surface area (Å²) in [5.74, 6) is 0. The Morgan fingerprint density at radius 2 is 1.93 bits per heavy atom. The maximum atomic E-state index is 11.8. The van der Waals surface area contributed by atoms with E-state index in [0.29, 0.717) is 4.90 Å². The average Bonchev–Trinajstić information content (AvgIpc) is 2.98. The first-order valence-electron chi connectivity index (χ1n) is 4.60. The van der Waals surface area contributed by atoms with Gasteiger partial charge in [-0.3, -0.25) is 0 Å². The van der Waals surface area contributed by atoms with E-state index in [9.17, 15) is 8.42 Å². The minimum absolute atomic E-state index is 0.111. The molecule has 2 atom stereocenters. The van der Waals surface area contributed by atoms with E-state index >= 15 is 0 Å². The molecule has 2 rings (SSSR count). The SMILES string of the molecule is CC[C@@H]1O[C@H]1S(=O)(=O)c1ccccc1. The van der Waals surface area contributed by atoms with Crippen molar-refractivity contribution < 1.29 is 13.2 Å². The monoisotopic (exact) mass is 212 g/mol. The molecule has 1 aliphatic rings. The Morgan fingerprint density at radius 3 is 2.43 bits per heavy atom. The van der Waals surface area contributed by atoms with Gasteiger partial charge in [0.2, 0.25) is 9.84 Å². The molecule has 1 aromatic carbocycles. The lowest BCUT2D eigenvalue weighted by atomic mass is 10.4. The van der Waals surface area contributed by atoms with Gasteiger partial charge in [-0.05, 0) is 18.6 Å². The number of sulfone groups is 1. The fourth-order valence-corrected chi connectivity index (χ4v) is 3.12. The summed E-state index contributed by atoms with van der Waals surface area (Å²) in [6.45, 7) is 1.92. The van der Waals surface area contributed by atoms with Crippen molar-refractivity contribution in [2.45, 2.75) is 29.8 Å². The molecule has 0 radical (unpaired) electrons. The first-order chi connectivity index (χ1) is 6.66. The molecule has 0 unspecified atom stereocenters. The van der Waals surface area contributed by atoms with Crippen LogP contribution in [-0.2, 0) is 14.6 Å². The third kappa shape index (κ3) is 1.55. The molecule has 1 saturated heterocycles. The third-order valence-corrected chi connectivity index (χ3v) is 4.27. The van der Waals surface area contributed by atoms with Crippen LogP contribution in [0.25, 0.3) is 0 Å². The molecule has 14 heavy (non-hydrogen) atoms. The molecule has 0 bridgehead atoms. The normalized spacial score (nSPS) is 26.1. The second-order valence-corrected chi connectivity index (χ2v) is 5.34. The van der Waals surface area contributed by atoms with Crippen molar-refractivity contribution in [2.24, 2.45) is 0 Å². The van der Waals surface area contributed by atoms with E-state index in [1.165, 1.54) is 0 Å². The van der Waals surface area contributed by atoms with E-state index in [1.54, 1.807) is 30.3 Å². The van der Waals surface area contributed by atoms with Crippen LogP contribution in [0.5, 0.6) is 0 Å². The maximum absolute atomic E-state index is 11.8. The number of epoxide rings is 1. The minimum Gasteiger partial charge on any atom is -0.352 e. The topological polar surface area (TPSA) is 46.7 Å². The van der Waals surface area contributed by atoms with Gasteiger partial charge in [0.05, 0.1) is 4.90 Å². The summed E-state index contributed by atoms with van der Waals surface area (Å²) in [6.07, 6.45) is 0.636. The van der Waals surface area contributed by atoms with Gasteiger partial charge >= 0.3 is 0 Å². The second kappa shape index (κ2) is 3.37.